The summed E-state index contributed by atoms with van der Waals surface area (Å²) in [4.78, 5) is 20.1. The molecule has 0 spiro atoms. The number of carboxylic acid groups (broad SMARTS) is 1. The van der Waals surface area contributed by atoms with Crippen LogP contribution in [0, 0.1) is 0 Å². The molecule has 0 aliphatic carbocycles. The zero-order valence-electron chi connectivity index (χ0n) is 14.9. The van der Waals surface area contributed by atoms with E-state index in [1.165, 1.54) is 13.0 Å². The van der Waals surface area contributed by atoms with Gasteiger partial charge in [0.15, 0.2) is 17.3 Å². The molecule has 0 bridgehead atoms. The molecule has 2 heterocycles. The van der Waals surface area contributed by atoms with Crippen molar-refractivity contribution >= 4 is 40.2 Å². The Kier molecular flexibility index (Phi) is 4.52. The molecule has 0 amide bonds. The summed E-state index contributed by atoms with van der Waals surface area (Å²) in [6.45, 7) is 1.69. The number of fused-ring (bicyclic) bond motifs is 2. The van der Waals surface area contributed by atoms with E-state index in [-0.39, 0.29) is 12.4 Å². The van der Waals surface area contributed by atoms with Gasteiger partial charge in [-0.15, -0.1) is 0 Å². The first kappa shape index (κ1) is 18.1. The summed E-state index contributed by atoms with van der Waals surface area (Å²) in [6, 6.07) is 9.04. The first-order valence-electron chi connectivity index (χ1n) is 8.47. The minimum absolute atomic E-state index is 0.135. The van der Waals surface area contributed by atoms with Crippen LogP contribution >= 0.6 is 11.6 Å². The summed E-state index contributed by atoms with van der Waals surface area (Å²) in [7, 11) is 0. The van der Waals surface area contributed by atoms with Gasteiger partial charge in [-0.1, -0.05) is 17.7 Å². The second-order valence-electron chi connectivity index (χ2n) is 6.38. The van der Waals surface area contributed by atoms with Crippen molar-refractivity contribution in [1.82, 2.24) is 9.97 Å². The molecule has 1 aromatic heterocycles. The summed E-state index contributed by atoms with van der Waals surface area (Å²) >= 11 is 6.20. The van der Waals surface area contributed by atoms with Crippen LogP contribution in [0.3, 0.4) is 0 Å². The second kappa shape index (κ2) is 7.01. The zero-order valence-corrected chi connectivity index (χ0v) is 15.7. The number of nitrogens with zero attached hydrogens (tertiary/aromatic N) is 2. The van der Waals surface area contributed by atoms with E-state index in [0.29, 0.717) is 51.1 Å². The normalized spacial score (nSPS) is 13.1. The number of ether oxygens (including phenoxy) is 2. The number of halogens is 1. The van der Waals surface area contributed by atoms with Crippen LogP contribution in [0.25, 0.3) is 17.0 Å². The highest BCUT2D eigenvalue weighted by molar-refractivity contribution is 6.34. The van der Waals surface area contributed by atoms with Gasteiger partial charge in [0.1, 0.15) is 0 Å². The molecule has 7 nitrogen and oxygen atoms in total. The predicted octanol–water partition coefficient (Wildman–Crippen LogP) is 3.67. The van der Waals surface area contributed by atoms with Gasteiger partial charge in [-0.05, 0) is 42.8 Å². The van der Waals surface area contributed by atoms with Gasteiger partial charge >= 0.3 is 5.97 Å². The fourth-order valence-corrected chi connectivity index (χ4v) is 3.17. The molecule has 3 aromatic rings. The number of nitrogen functional groups attached to an aromatic ring is 1. The number of nitrogens with two attached hydrogens (primary N) is 1. The molecule has 8 heteroatoms. The summed E-state index contributed by atoms with van der Waals surface area (Å²) in [6.07, 6.45) is 1.86. The van der Waals surface area contributed by atoms with Crippen LogP contribution in [0.4, 0.5) is 5.69 Å². The molecule has 142 valence electrons. The van der Waals surface area contributed by atoms with Crippen LogP contribution in [0.15, 0.2) is 35.9 Å². The van der Waals surface area contributed by atoms with E-state index in [9.17, 15) is 4.79 Å². The van der Waals surface area contributed by atoms with Crippen LogP contribution in [0.1, 0.15) is 24.0 Å². The van der Waals surface area contributed by atoms with Gasteiger partial charge in [-0.3, -0.25) is 0 Å². The standard InChI is InChI=1S/C20H16ClN3O4/c1-10(20(25)26)6-17-23-13-4-3-12(21)19(22)18(13)14(24-17)7-11-2-5-15-16(8-11)28-9-27-15/h2-6,8H,7,9,22H2,1H3,(H,25,26)/b10-6-. The van der Waals surface area contributed by atoms with Crippen LogP contribution in [-0.4, -0.2) is 27.8 Å². The van der Waals surface area contributed by atoms with Crippen molar-refractivity contribution in [3.05, 3.63) is 58.0 Å². The molecule has 4 rings (SSSR count). The molecule has 0 saturated heterocycles. The highest BCUT2D eigenvalue weighted by Crippen LogP contribution is 2.35. The molecule has 0 unspecified atom stereocenters. The molecular weight excluding hydrogens is 382 g/mol. The molecule has 1 aliphatic heterocycles. The molecule has 0 radical (unpaired) electrons. The highest BCUT2D eigenvalue weighted by atomic mass is 35.5. The fourth-order valence-electron chi connectivity index (χ4n) is 3.01. The van der Waals surface area contributed by atoms with Crippen molar-refractivity contribution in [1.29, 1.82) is 0 Å². The van der Waals surface area contributed by atoms with Gasteiger partial charge in [0.2, 0.25) is 6.79 Å². The lowest BCUT2D eigenvalue weighted by molar-refractivity contribution is -0.132. The van der Waals surface area contributed by atoms with E-state index < -0.39 is 5.97 Å². The van der Waals surface area contributed by atoms with Crippen LogP contribution in [0.2, 0.25) is 5.02 Å². The zero-order chi connectivity index (χ0) is 19.8. The SMILES string of the molecule is C/C(=C/c1nc(Cc2ccc3c(c2)OCO3)c2c(N)c(Cl)ccc2n1)C(=O)O. The summed E-state index contributed by atoms with van der Waals surface area (Å²) < 4.78 is 10.8. The minimum atomic E-state index is -1.03. The van der Waals surface area contributed by atoms with Gasteiger partial charge in [0.25, 0.3) is 0 Å². The van der Waals surface area contributed by atoms with Crippen molar-refractivity contribution in [3.8, 4) is 11.5 Å². The summed E-state index contributed by atoms with van der Waals surface area (Å²) in [5.41, 5.74) is 8.90. The van der Waals surface area contributed by atoms with Gasteiger partial charge < -0.3 is 20.3 Å². The predicted molar refractivity (Wildman–Crippen MR) is 106 cm³/mol. The smallest absolute Gasteiger partial charge is 0.331 e. The Morgan fingerprint density at radius 1 is 1.25 bits per heavy atom. The Morgan fingerprint density at radius 3 is 2.82 bits per heavy atom. The number of aliphatic carboxylic acids is 1. The molecule has 2 aromatic carbocycles. The fraction of sp³-hybridized carbons (Fsp3) is 0.150. The Bertz CT molecular complexity index is 1140. The molecule has 3 N–H and O–H groups in total. The Morgan fingerprint density at radius 2 is 2.04 bits per heavy atom. The number of carbonyl (C=O) groups is 1. The average Bonchev–Trinajstić information content (AvgIpc) is 3.12. The maximum absolute atomic E-state index is 11.2. The number of aromatic nitrogens is 2. The lowest BCUT2D eigenvalue weighted by Crippen LogP contribution is -2.04. The van der Waals surface area contributed by atoms with E-state index in [1.54, 1.807) is 12.1 Å². The Hall–Kier alpha value is -3.32. The Labute approximate surface area is 165 Å². The van der Waals surface area contributed by atoms with Crippen LogP contribution in [0.5, 0.6) is 11.5 Å². The second-order valence-corrected chi connectivity index (χ2v) is 6.79. The highest BCUT2D eigenvalue weighted by Gasteiger charge is 2.17. The van der Waals surface area contributed by atoms with Crippen molar-refractivity contribution < 1.29 is 19.4 Å². The van der Waals surface area contributed by atoms with Gasteiger partial charge in [0.05, 0.1) is 21.9 Å². The van der Waals surface area contributed by atoms with E-state index in [0.717, 1.165) is 5.56 Å². The largest absolute Gasteiger partial charge is 0.478 e. The van der Waals surface area contributed by atoms with Crippen LogP contribution in [-0.2, 0) is 11.2 Å². The van der Waals surface area contributed by atoms with Gasteiger partial charge in [-0.25, -0.2) is 14.8 Å². The third kappa shape index (κ3) is 3.32. The number of benzene rings is 2. The topological polar surface area (TPSA) is 108 Å². The molecule has 0 fully saturated rings. The summed E-state index contributed by atoms with van der Waals surface area (Å²) in [5, 5.41) is 10.2. The maximum Gasteiger partial charge on any atom is 0.331 e. The third-order valence-corrected chi connectivity index (χ3v) is 4.76. The lowest BCUT2D eigenvalue weighted by atomic mass is 10.0. The van der Waals surface area contributed by atoms with E-state index in [2.05, 4.69) is 9.97 Å². The molecular formula is C20H16ClN3O4. The quantitative estimate of drug-likeness (QED) is 0.510. The van der Waals surface area contributed by atoms with Crippen molar-refractivity contribution in [2.75, 3.05) is 12.5 Å². The number of carboxylic acids is 1. The number of rotatable bonds is 4. The van der Waals surface area contributed by atoms with E-state index in [4.69, 9.17) is 31.9 Å². The maximum atomic E-state index is 11.2. The third-order valence-electron chi connectivity index (χ3n) is 4.43. The first-order valence-corrected chi connectivity index (χ1v) is 8.85. The number of anilines is 1. The van der Waals surface area contributed by atoms with Crippen molar-refractivity contribution in [2.24, 2.45) is 0 Å². The van der Waals surface area contributed by atoms with Gasteiger partial charge in [0, 0.05) is 17.4 Å². The van der Waals surface area contributed by atoms with E-state index in [1.807, 2.05) is 18.2 Å². The van der Waals surface area contributed by atoms with Gasteiger partial charge in [-0.2, -0.15) is 0 Å². The van der Waals surface area contributed by atoms with Crippen molar-refractivity contribution in [2.45, 2.75) is 13.3 Å². The first-order chi connectivity index (χ1) is 13.4. The lowest BCUT2D eigenvalue weighted by Gasteiger charge is -2.11. The average molecular weight is 398 g/mol. The molecule has 1 aliphatic rings. The number of hydrogen-bond acceptors (Lipinski definition) is 6. The molecule has 0 atom stereocenters. The minimum Gasteiger partial charge on any atom is -0.478 e. The Balaban J connectivity index is 1.85. The van der Waals surface area contributed by atoms with E-state index >= 15 is 0 Å². The summed E-state index contributed by atoms with van der Waals surface area (Å²) in [5.74, 6) is 0.629. The number of hydrogen-bond donors (Lipinski definition) is 2. The molecule has 28 heavy (non-hydrogen) atoms. The van der Waals surface area contributed by atoms with Crippen LogP contribution < -0.4 is 15.2 Å². The molecule has 0 saturated carbocycles. The monoisotopic (exact) mass is 397 g/mol. The van der Waals surface area contributed by atoms with Crippen molar-refractivity contribution in [3.63, 3.8) is 0 Å².